The Bertz CT molecular complexity index is 1120. The second-order valence-electron chi connectivity index (χ2n) is 7.26. The van der Waals surface area contributed by atoms with Crippen LogP contribution >= 0.6 is 11.6 Å². The third-order valence-electron chi connectivity index (χ3n) is 5.19. The first-order valence-electron chi connectivity index (χ1n) is 9.20. The van der Waals surface area contributed by atoms with Crippen molar-refractivity contribution in [2.24, 2.45) is 0 Å². The van der Waals surface area contributed by atoms with Gasteiger partial charge in [-0.25, -0.2) is 0 Å². The Hall–Kier alpha value is -2.63. The molecule has 0 bridgehead atoms. The summed E-state index contributed by atoms with van der Waals surface area (Å²) in [5.74, 6) is 0.0124. The topological polar surface area (TPSA) is 70.8 Å². The minimum atomic E-state index is -0.601. The molecule has 1 aromatic heterocycles. The van der Waals surface area contributed by atoms with E-state index in [4.69, 9.17) is 16.0 Å². The lowest BCUT2D eigenvalue weighted by Gasteiger charge is -2.24. The van der Waals surface area contributed by atoms with Gasteiger partial charge in [-0.05, 0) is 35.2 Å². The molecule has 0 spiro atoms. The average molecular weight is 398 g/mol. The van der Waals surface area contributed by atoms with Crippen LogP contribution < -0.4 is 5.43 Å². The molecule has 1 N–H and O–H groups in total. The fourth-order valence-corrected chi connectivity index (χ4v) is 3.91. The summed E-state index contributed by atoms with van der Waals surface area (Å²) < 4.78 is 5.81. The number of rotatable bonds is 4. The lowest BCUT2D eigenvalue weighted by atomic mass is 9.95. The molecule has 1 amide bonds. The van der Waals surface area contributed by atoms with E-state index < -0.39 is 11.9 Å². The van der Waals surface area contributed by atoms with Crippen molar-refractivity contribution in [2.45, 2.75) is 25.8 Å². The predicted molar refractivity (Wildman–Crippen MR) is 108 cm³/mol. The summed E-state index contributed by atoms with van der Waals surface area (Å²) in [5.41, 5.74) is 2.32. The molecule has 28 heavy (non-hydrogen) atoms. The molecular formula is C22H20ClNO4. The Labute approximate surface area is 167 Å². The summed E-state index contributed by atoms with van der Waals surface area (Å²) in [6, 6.07) is 12.0. The predicted octanol–water partition coefficient (Wildman–Crippen LogP) is 4.11. The Morgan fingerprint density at radius 3 is 2.50 bits per heavy atom. The summed E-state index contributed by atoms with van der Waals surface area (Å²) in [5, 5.41) is 10.2. The second kappa shape index (κ2) is 7.08. The van der Waals surface area contributed by atoms with Crippen molar-refractivity contribution in [2.75, 3.05) is 13.2 Å². The molecule has 5 nitrogen and oxygen atoms in total. The van der Waals surface area contributed by atoms with Crippen LogP contribution in [0.3, 0.4) is 0 Å². The minimum Gasteiger partial charge on any atom is -0.450 e. The molecule has 1 aliphatic heterocycles. The maximum atomic E-state index is 13.3. The summed E-state index contributed by atoms with van der Waals surface area (Å²) in [6.07, 6.45) is 0. The van der Waals surface area contributed by atoms with E-state index >= 15 is 0 Å². The van der Waals surface area contributed by atoms with Crippen molar-refractivity contribution in [3.63, 3.8) is 0 Å². The highest BCUT2D eigenvalue weighted by molar-refractivity contribution is 6.31. The maximum Gasteiger partial charge on any atom is 0.290 e. The van der Waals surface area contributed by atoms with E-state index in [0.717, 1.165) is 5.56 Å². The molecule has 144 valence electrons. The Balaban J connectivity index is 1.95. The highest BCUT2D eigenvalue weighted by Crippen LogP contribution is 2.38. The smallest absolute Gasteiger partial charge is 0.290 e. The van der Waals surface area contributed by atoms with Crippen LogP contribution in [-0.2, 0) is 0 Å². The molecule has 0 fully saturated rings. The zero-order valence-corrected chi connectivity index (χ0v) is 16.4. The van der Waals surface area contributed by atoms with Crippen LogP contribution in [0.5, 0.6) is 0 Å². The van der Waals surface area contributed by atoms with E-state index in [-0.39, 0.29) is 24.3 Å². The Kier molecular flexibility index (Phi) is 4.73. The van der Waals surface area contributed by atoms with Gasteiger partial charge in [0.1, 0.15) is 5.58 Å². The van der Waals surface area contributed by atoms with Gasteiger partial charge in [-0.15, -0.1) is 0 Å². The summed E-state index contributed by atoms with van der Waals surface area (Å²) in [6.45, 7) is 4.11. The number of amides is 1. The van der Waals surface area contributed by atoms with Gasteiger partial charge in [0.25, 0.3) is 5.91 Å². The first kappa shape index (κ1) is 18.7. The third kappa shape index (κ3) is 2.91. The monoisotopic (exact) mass is 397 g/mol. The summed E-state index contributed by atoms with van der Waals surface area (Å²) >= 11 is 6.06. The average Bonchev–Trinajstić information content (AvgIpc) is 2.95. The highest BCUT2D eigenvalue weighted by Gasteiger charge is 2.42. The molecule has 0 saturated carbocycles. The molecule has 3 aromatic rings. The van der Waals surface area contributed by atoms with E-state index in [9.17, 15) is 14.7 Å². The van der Waals surface area contributed by atoms with E-state index in [1.54, 1.807) is 18.2 Å². The molecule has 4 rings (SSSR count). The van der Waals surface area contributed by atoms with E-state index in [1.807, 2.05) is 24.3 Å². The van der Waals surface area contributed by atoms with Crippen LogP contribution in [0.2, 0.25) is 5.02 Å². The van der Waals surface area contributed by atoms with Gasteiger partial charge in [0, 0.05) is 11.6 Å². The molecule has 1 aliphatic rings. The molecule has 1 atom stereocenters. The van der Waals surface area contributed by atoms with Crippen LogP contribution in [-0.4, -0.2) is 29.1 Å². The van der Waals surface area contributed by atoms with Gasteiger partial charge in [-0.2, -0.15) is 0 Å². The number of aliphatic hydroxyl groups is 1. The molecule has 0 aliphatic carbocycles. The number of carbonyl (C=O) groups is 1. The quantitative estimate of drug-likeness (QED) is 0.719. The number of carbonyl (C=O) groups excluding carboxylic acids is 1. The number of fused-ring (bicyclic) bond motifs is 2. The Morgan fingerprint density at radius 1 is 1.14 bits per heavy atom. The first-order chi connectivity index (χ1) is 13.4. The van der Waals surface area contributed by atoms with Gasteiger partial charge < -0.3 is 14.4 Å². The third-order valence-corrected chi connectivity index (χ3v) is 5.42. The number of benzene rings is 2. The summed E-state index contributed by atoms with van der Waals surface area (Å²) in [7, 11) is 0. The zero-order chi connectivity index (χ0) is 20.0. The molecule has 0 saturated heterocycles. The van der Waals surface area contributed by atoms with Crippen LogP contribution in [0.15, 0.2) is 51.7 Å². The minimum absolute atomic E-state index is 0.0335. The molecule has 2 heterocycles. The number of hydrogen-bond acceptors (Lipinski definition) is 4. The highest BCUT2D eigenvalue weighted by atomic mass is 35.5. The van der Waals surface area contributed by atoms with Gasteiger partial charge >= 0.3 is 0 Å². The number of hydrogen-bond donors (Lipinski definition) is 1. The van der Waals surface area contributed by atoms with E-state index in [0.29, 0.717) is 27.5 Å². The second-order valence-corrected chi connectivity index (χ2v) is 7.70. The lowest BCUT2D eigenvalue weighted by molar-refractivity contribution is 0.0691. The van der Waals surface area contributed by atoms with Crippen molar-refractivity contribution in [1.82, 2.24) is 4.90 Å². The van der Waals surface area contributed by atoms with Gasteiger partial charge in [0.15, 0.2) is 5.43 Å². The fraction of sp³-hybridized carbons (Fsp3) is 0.273. The largest absolute Gasteiger partial charge is 0.450 e. The van der Waals surface area contributed by atoms with Gasteiger partial charge in [0.05, 0.1) is 23.6 Å². The van der Waals surface area contributed by atoms with Gasteiger partial charge in [0.2, 0.25) is 5.76 Å². The van der Waals surface area contributed by atoms with Crippen molar-refractivity contribution in [3.05, 3.63) is 80.2 Å². The van der Waals surface area contributed by atoms with Crippen LogP contribution in [0, 0.1) is 0 Å². The maximum absolute atomic E-state index is 13.3. The first-order valence-corrected chi connectivity index (χ1v) is 9.58. The van der Waals surface area contributed by atoms with Crippen molar-refractivity contribution >= 4 is 28.5 Å². The van der Waals surface area contributed by atoms with Gasteiger partial charge in [-0.3, -0.25) is 9.59 Å². The molecule has 6 heteroatoms. The SMILES string of the molecule is CC(C)c1ccc([C@@H]2c3c(oc4ccc(Cl)cc4c3=O)C(=O)N2CCO)cc1. The number of β-amino-alcohol motifs (C(OH)–C–C–N with tert-alkyl or cyclic N) is 1. The molecule has 0 unspecified atom stereocenters. The van der Waals surface area contributed by atoms with Gasteiger partial charge in [-0.1, -0.05) is 49.7 Å². The standard InChI is InChI=1S/C22H20ClNO4/c1-12(2)13-3-5-14(6-4-13)19-18-20(26)16-11-15(23)7-8-17(16)28-21(18)22(27)24(19)9-10-25/h3-8,11-12,19,25H,9-10H2,1-2H3/t19-/m1/s1. The normalized spacial score (nSPS) is 16.2. The van der Waals surface area contributed by atoms with Crippen LogP contribution in [0.1, 0.15) is 53.1 Å². The fourth-order valence-electron chi connectivity index (χ4n) is 3.74. The molecule has 0 radical (unpaired) electrons. The van der Waals surface area contributed by atoms with Crippen LogP contribution in [0.4, 0.5) is 0 Å². The molecule has 2 aromatic carbocycles. The molecular weight excluding hydrogens is 378 g/mol. The van der Waals surface area contributed by atoms with E-state index in [2.05, 4.69) is 13.8 Å². The lowest BCUT2D eigenvalue weighted by Crippen LogP contribution is -2.32. The van der Waals surface area contributed by atoms with Crippen molar-refractivity contribution < 1.29 is 14.3 Å². The zero-order valence-electron chi connectivity index (χ0n) is 15.6. The van der Waals surface area contributed by atoms with E-state index in [1.165, 1.54) is 10.5 Å². The van der Waals surface area contributed by atoms with Crippen LogP contribution in [0.25, 0.3) is 11.0 Å². The number of nitrogens with zero attached hydrogens (tertiary/aromatic N) is 1. The number of aliphatic hydroxyl groups excluding tert-OH is 1. The Morgan fingerprint density at radius 2 is 1.86 bits per heavy atom. The van der Waals surface area contributed by atoms with Crippen molar-refractivity contribution in [3.8, 4) is 0 Å². The van der Waals surface area contributed by atoms with Crippen molar-refractivity contribution in [1.29, 1.82) is 0 Å². The summed E-state index contributed by atoms with van der Waals surface area (Å²) in [4.78, 5) is 27.7. The number of halogens is 1.